The van der Waals surface area contributed by atoms with Gasteiger partial charge in [-0.05, 0) is 49.2 Å². The number of hydrogen-bond donors (Lipinski definition) is 1. The van der Waals surface area contributed by atoms with Crippen molar-refractivity contribution in [3.8, 4) is 5.75 Å². The van der Waals surface area contributed by atoms with Gasteiger partial charge >= 0.3 is 0 Å². The second-order valence-electron chi connectivity index (χ2n) is 6.40. The Balaban J connectivity index is 1.70. The molecule has 0 spiro atoms. The summed E-state index contributed by atoms with van der Waals surface area (Å²) in [4.78, 5) is 16.5. The average molecular weight is 387 g/mol. The predicted molar refractivity (Wildman–Crippen MR) is 102 cm³/mol. The maximum absolute atomic E-state index is 12.5. The van der Waals surface area contributed by atoms with Gasteiger partial charge in [-0.3, -0.25) is 9.20 Å². The molecule has 0 atom stereocenters. The highest BCUT2D eigenvalue weighted by Crippen LogP contribution is 2.17. The number of fused-ring (bicyclic) bond motifs is 1. The molecule has 0 aliphatic rings. The maximum atomic E-state index is 12.5. The van der Waals surface area contributed by atoms with Crippen molar-refractivity contribution in [3.05, 3.63) is 59.4 Å². The van der Waals surface area contributed by atoms with Crippen LogP contribution in [-0.2, 0) is 9.84 Å². The number of imidazole rings is 1. The quantitative estimate of drug-likeness (QED) is 0.655. The molecule has 3 aromatic rings. The van der Waals surface area contributed by atoms with Gasteiger partial charge in [-0.15, -0.1) is 0 Å². The summed E-state index contributed by atoms with van der Waals surface area (Å²) in [5.41, 5.74) is 2.71. The fourth-order valence-corrected chi connectivity index (χ4v) is 3.65. The largest absolute Gasteiger partial charge is 0.492 e. The smallest absolute Gasteiger partial charge is 0.272 e. The predicted octanol–water partition coefficient (Wildman–Crippen LogP) is 2.16. The first-order valence-electron chi connectivity index (χ1n) is 8.42. The van der Waals surface area contributed by atoms with Crippen molar-refractivity contribution >= 4 is 21.3 Å². The van der Waals surface area contributed by atoms with Gasteiger partial charge in [0.25, 0.3) is 5.91 Å². The van der Waals surface area contributed by atoms with Crippen LogP contribution in [0.5, 0.6) is 5.75 Å². The number of carbonyl (C=O) groups is 1. The molecule has 1 N–H and O–H groups in total. The van der Waals surface area contributed by atoms with Crippen molar-refractivity contribution in [3.63, 3.8) is 0 Å². The molecule has 0 aliphatic heterocycles. The molecule has 0 saturated carbocycles. The van der Waals surface area contributed by atoms with E-state index in [0.29, 0.717) is 12.1 Å². The van der Waals surface area contributed by atoms with Crippen LogP contribution in [0.3, 0.4) is 0 Å². The summed E-state index contributed by atoms with van der Waals surface area (Å²) < 4.78 is 30.9. The minimum absolute atomic E-state index is 0.0717. The molecule has 1 amide bonds. The van der Waals surface area contributed by atoms with E-state index in [9.17, 15) is 13.2 Å². The molecule has 2 aromatic heterocycles. The van der Waals surface area contributed by atoms with Gasteiger partial charge in [0.15, 0.2) is 5.69 Å². The Morgan fingerprint density at radius 1 is 1.19 bits per heavy atom. The molecule has 0 saturated heterocycles. The number of rotatable bonds is 6. The van der Waals surface area contributed by atoms with Crippen LogP contribution in [0.15, 0.2) is 47.8 Å². The zero-order valence-electron chi connectivity index (χ0n) is 15.4. The molecule has 0 radical (unpaired) electrons. The fraction of sp³-hybridized carbons (Fsp3) is 0.263. The molecule has 0 unspecified atom stereocenters. The van der Waals surface area contributed by atoms with Crippen LogP contribution < -0.4 is 10.1 Å². The summed E-state index contributed by atoms with van der Waals surface area (Å²) in [6.07, 6.45) is 2.63. The second-order valence-corrected chi connectivity index (χ2v) is 8.31. The number of aryl methyl sites for hydroxylation is 2. The van der Waals surface area contributed by atoms with Gasteiger partial charge in [-0.1, -0.05) is 12.1 Å². The van der Waals surface area contributed by atoms with Gasteiger partial charge in [0.05, 0.1) is 12.1 Å². The van der Waals surface area contributed by atoms with Crippen molar-refractivity contribution in [1.29, 1.82) is 0 Å². The minimum Gasteiger partial charge on any atom is -0.492 e. The molecule has 0 bridgehead atoms. The molecule has 7 nitrogen and oxygen atoms in total. The Bertz CT molecular complexity index is 1080. The first-order valence-corrected chi connectivity index (χ1v) is 10.3. The fourth-order valence-electron chi connectivity index (χ4n) is 2.87. The van der Waals surface area contributed by atoms with Crippen LogP contribution in [0.25, 0.3) is 5.52 Å². The van der Waals surface area contributed by atoms with E-state index in [1.165, 1.54) is 4.40 Å². The van der Waals surface area contributed by atoms with Crippen molar-refractivity contribution in [2.45, 2.75) is 19.0 Å². The zero-order chi connectivity index (χ0) is 19.6. The number of amides is 1. The lowest BCUT2D eigenvalue weighted by molar-refractivity contribution is 0.0944. The van der Waals surface area contributed by atoms with Crippen LogP contribution in [0.2, 0.25) is 0 Å². The first-order chi connectivity index (χ1) is 12.8. The van der Waals surface area contributed by atoms with Crippen molar-refractivity contribution in [2.75, 3.05) is 19.4 Å². The van der Waals surface area contributed by atoms with Gasteiger partial charge in [0, 0.05) is 12.5 Å². The molecule has 8 heteroatoms. The van der Waals surface area contributed by atoms with Gasteiger partial charge in [0.1, 0.15) is 12.4 Å². The number of ether oxygens (including phenoxy) is 1. The summed E-state index contributed by atoms with van der Waals surface area (Å²) in [6, 6.07) is 11.0. The average Bonchev–Trinajstić information content (AvgIpc) is 2.98. The molecular weight excluding hydrogens is 366 g/mol. The maximum Gasteiger partial charge on any atom is 0.272 e. The SMILES string of the molecule is Cc1cc(C)cc(OCCNC(=O)c2nc(S(C)(=O)=O)n3ccccc23)c1. The molecule has 27 heavy (non-hydrogen) atoms. The van der Waals surface area contributed by atoms with E-state index in [2.05, 4.69) is 16.4 Å². The van der Waals surface area contributed by atoms with Crippen LogP contribution >= 0.6 is 0 Å². The Morgan fingerprint density at radius 3 is 2.56 bits per heavy atom. The summed E-state index contributed by atoms with van der Waals surface area (Å²) >= 11 is 0. The van der Waals surface area contributed by atoms with Crippen LogP contribution in [0, 0.1) is 13.8 Å². The molecule has 1 aromatic carbocycles. The number of sulfone groups is 1. The Kier molecular flexibility index (Phi) is 5.18. The van der Waals surface area contributed by atoms with E-state index in [-0.39, 0.29) is 17.4 Å². The van der Waals surface area contributed by atoms with Gasteiger partial charge in [0.2, 0.25) is 15.0 Å². The molecular formula is C19H21N3O4S. The minimum atomic E-state index is -3.56. The van der Waals surface area contributed by atoms with Crippen LogP contribution in [0.4, 0.5) is 0 Å². The standard InChI is InChI=1S/C19H21N3O4S/c1-13-10-14(2)12-15(11-13)26-9-7-20-18(23)17-16-6-4-5-8-22(16)19(21-17)27(3,24)25/h4-6,8,10-12H,7,9H2,1-3H3,(H,20,23). The van der Waals surface area contributed by atoms with Gasteiger partial charge in [-0.2, -0.15) is 0 Å². The van der Waals surface area contributed by atoms with Crippen molar-refractivity contribution in [1.82, 2.24) is 14.7 Å². The summed E-state index contributed by atoms with van der Waals surface area (Å²) in [7, 11) is -3.56. The third-order valence-corrected chi connectivity index (χ3v) is 4.87. The highest BCUT2D eigenvalue weighted by atomic mass is 32.2. The van der Waals surface area contributed by atoms with Gasteiger partial charge in [-0.25, -0.2) is 13.4 Å². The van der Waals surface area contributed by atoms with E-state index < -0.39 is 15.7 Å². The number of benzene rings is 1. The lowest BCUT2D eigenvalue weighted by atomic mass is 10.1. The molecule has 142 valence electrons. The zero-order valence-corrected chi connectivity index (χ0v) is 16.2. The molecule has 3 rings (SSSR count). The third-order valence-electron chi connectivity index (χ3n) is 3.91. The second kappa shape index (κ2) is 7.40. The molecule has 0 aliphatic carbocycles. The van der Waals surface area contributed by atoms with Crippen molar-refractivity contribution in [2.24, 2.45) is 0 Å². The lowest BCUT2D eigenvalue weighted by Crippen LogP contribution is -2.28. The lowest BCUT2D eigenvalue weighted by Gasteiger charge is -2.09. The highest BCUT2D eigenvalue weighted by molar-refractivity contribution is 7.90. The number of pyridine rings is 1. The third kappa shape index (κ3) is 4.28. The normalized spacial score (nSPS) is 11.5. The monoisotopic (exact) mass is 387 g/mol. The number of carbonyl (C=O) groups excluding carboxylic acids is 1. The van der Waals surface area contributed by atoms with Crippen LogP contribution in [0.1, 0.15) is 21.6 Å². The van der Waals surface area contributed by atoms with Gasteiger partial charge < -0.3 is 10.1 Å². The number of aromatic nitrogens is 2. The summed E-state index contributed by atoms with van der Waals surface area (Å²) in [5.74, 6) is 0.297. The molecule has 2 heterocycles. The topological polar surface area (TPSA) is 89.8 Å². The highest BCUT2D eigenvalue weighted by Gasteiger charge is 2.22. The first kappa shape index (κ1) is 18.9. The Morgan fingerprint density at radius 2 is 1.89 bits per heavy atom. The number of nitrogens with one attached hydrogen (secondary N) is 1. The van der Waals surface area contributed by atoms with E-state index in [1.54, 1.807) is 24.4 Å². The number of nitrogens with zero attached hydrogens (tertiary/aromatic N) is 2. The summed E-state index contributed by atoms with van der Waals surface area (Å²) in [5, 5.41) is 2.56. The van der Waals surface area contributed by atoms with E-state index in [0.717, 1.165) is 23.1 Å². The summed E-state index contributed by atoms with van der Waals surface area (Å²) in [6.45, 7) is 4.54. The van der Waals surface area contributed by atoms with E-state index >= 15 is 0 Å². The molecule has 0 fully saturated rings. The van der Waals surface area contributed by atoms with Crippen LogP contribution in [-0.4, -0.2) is 43.1 Å². The Labute approximate surface area is 157 Å². The van der Waals surface area contributed by atoms with E-state index in [4.69, 9.17) is 4.74 Å². The Hall–Kier alpha value is -2.87. The van der Waals surface area contributed by atoms with E-state index in [1.807, 2.05) is 26.0 Å². The number of hydrogen-bond acceptors (Lipinski definition) is 5. The van der Waals surface area contributed by atoms with Crippen molar-refractivity contribution < 1.29 is 17.9 Å².